The van der Waals surface area contributed by atoms with Gasteiger partial charge in [0.05, 0.1) is 18.2 Å². The van der Waals surface area contributed by atoms with E-state index in [1.54, 1.807) is 24.1 Å². The molecule has 1 saturated heterocycles. The number of aryl methyl sites for hydroxylation is 1. The van der Waals surface area contributed by atoms with Crippen LogP contribution in [0.1, 0.15) is 0 Å². The van der Waals surface area contributed by atoms with Crippen molar-refractivity contribution in [3.05, 3.63) is 48.7 Å². The molecule has 29 heavy (non-hydrogen) atoms. The average Bonchev–Trinajstić information content (AvgIpc) is 3.16. The van der Waals surface area contributed by atoms with Crippen molar-refractivity contribution < 1.29 is 0 Å². The molecule has 0 bridgehead atoms. The summed E-state index contributed by atoms with van der Waals surface area (Å²) in [5.41, 5.74) is 0.322. The molecule has 1 N–H and O–H groups in total. The minimum Gasteiger partial charge on any atom is -0.366 e. The van der Waals surface area contributed by atoms with E-state index in [0.29, 0.717) is 36.5 Å². The molecule has 154 valence electrons. The van der Waals surface area contributed by atoms with Crippen LogP contribution in [0.3, 0.4) is 0 Å². The number of hydrogen-bond donors (Lipinski definition) is 1. The zero-order valence-electron chi connectivity index (χ0n) is 16.1. The molecule has 0 aliphatic carbocycles. The summed E-state index contributed by atoms with van der Waals surface area (Å²) in [5, 5.41) is 6.30. The van der Waals surface area contributed by atoms with Crippen LogP contribution in [0.15, 0.2) is 26.9 Å². The Hall–Kier alpha value is -2.92. The highest BCUT2D eigenvalue weighted by molar-refractivity contribution is 6.33. The van der Waals surface area contributed by atoms with Gasteiger partial charge < -0.3 is 9.47 Å². The molecule has 0 aromatic carbocycles. The molecular formula is C17H21ClN8O3. The van der Waals surface area contributed by atoms with Crippen molar-refractivity contribution in [3.8, 4) is 0 Å². The SMILES string of the molecule is Cn1c(=O)c2c(ncn2CCN2CCN(c3cn[nH]c(=O)c3Cl)CC2)n(C)c1=O. The van der Waals surface area contributed by atoms with Crippen molar-refractivity contribution in [1.29, 1.82) is 0 Å². The van der Waals surface area contributed by atoms with Gasteiger partial charge in [-0.15, -0.1) is 0 Å². The third-order valence-electron chi connectivity index (χ3n) is 5.36. The highest BCUT2D eigenvalue weighted by Gasteiger charge is 2.21. The number of piperazine rings is 1. The van der Waals surface area contributed by atoms with Crippen LogP contribution in [0, 0.1) is 0 Å². The maximum atomic E-state index is 12.5. The molecule has 0 saturated carbocycles. The van der Waals surface area contributed by atoms with E-state index >= 15 is 0 Å². The van der Waals surface area contributed by atoms with Crippen molar-refractivity contribution in [2.75, 3.05) is 37.6 Å². The van der Waals surface area contributed by atoms with Gasteiger partial charge in [-0.1, -0.05) is 11.6 Å². The molecule has 1 aliphatic rings. The standard InChI is InChI=1S/C17H21ClN8O3/c1-22-14-13(16(28)23(2)17(22)29)26(10-19-14)8-5-24-3-6-25(7-4-24)11-9-20-21-15(27)12(11)18/h9-10H,3-8H2,1-2H3,(H,21,27). The van der Waals surface area contributed by atoms with Gasteiger partial charge >= 0.3 is 5.69 Å². The first-order chi connectivity index (χ1) is 13.9. The quantitative estimate of drug-likeness (QED) is 0.575. The summed E-state index contributed by atoms with van der Waals surface area (Å²) in [7, 11) is 3.07. The minimum absolute atomic E-state index is 0.153. The topological polar surface area (TPSA) is 114 Å². The molecule has 12 heteroatoms. The molecule has 1 aliphatic heterocycles. The average molecular weight is 421 g/mol. The number of nitrogens with one attached hydrogen (secondary N) is 1. The van der Waals surface area contributed by atoms with Gasteiger partial charge in [-0.05, 0) is 0 Å². The number of rotatable bonds is 4. The summed E-state index contributed by atoms with van der Waals surface area (Å²) in [4.78, 5) is 44.7. The number of halogens is 1. The lowest BCUT2D eigenvalue weighted by molar-refractivity contribution is 0.249. The molecule has 3 aromatic rings. The lowest BCUT2D eigenvalue weighted by Crippen LogP contribution is -2.47. The van der Waals surface area contributed by atoms with Crippen molar-refractivity contribution >= 4 is 28.5 Å². The highest BCUT2D eigenvalue weighted by atomic mass is 35.5. The summed E-state index contributed by atoms with van der Waals surface area (Å²) in [6.45, 7) is 4.31. The van der Waals surface area contributed by atoms with E-state index in [1.165, 1.54) is 11.6 Å². The number of H-pyrrole nitrogens is 1. The Kier molecular flexibility index (Phi) is 5.01. The summed E-state index contributed by atoms with van der Waals surface area (Å²) < 4.78 is 4.27. The van der Waals surface area contributed by atoms with E-state index in [9.17, 15) is 14.4 Å². The first kappa shape index (κ1) is 19.4. The largest absolute Gasteiger partial charge is 0.366 e. The van der Waals surface area contributed by atoms with Crippen LogP contribution in [0.2, 0.25) is 5.02 Å². The van der Waals surface area contributed by atoms with Crippen LogP contribution in [-0.4, -0.2) is 66.5 Å². The van der Waals surface area contributed by atoms with Gasteiger partial charge in [-0.3, -0.25) is 23.6 Å². The van der Waals surface area contributed by atoms with E-state index in [0.717, 1.165) is 24.2 Å². The maximum Gasteiger partial charge on any atom is 0.332 e. The second kappa shape index (κ2) is 7.48. The zero-order chi connectivity index (χ0) is 20.7. The van der Waals surface area contributed by atoms with Crippen molar-refractivity contribution in [2.45, 2.75) is 6.54 Å². The Balaban J connectivity index is 1.45. The van der Waals surface area contributed by atoms with Crippen LogP contribution >= 0.6 is 11.6 Å². The van der Waals surface area contributed by atoms with Gasteiger partial charge in [-0.2, -0.15) is 5.10 Å². The molecule has 4 heterocycles. The monoisotopic (exact) mass is 420 g/mol. The van der Waals surface area contributed by atoms with Gasteiger partial charge in [-0.25, -0.2) is 14.9 Å². The van der Waals surface area contributed by atoms with Crippen LogP contribution < -0.4 is 21.7 Å². The third-order valence-corrected chi connectivity index (χ3v) is 5.73. The van der Waals surface area contributed by atoms with E-state index < -0.39 is 11.2 Å². The third kappa shape index (κ3) is 3.36. The zero-order valence-corrected chi connectivity index (χ0v) is 16.9. The second-order valence-corrected chi connectivity index (χ2v) is 7.42. The Labute approximate surface area is 169 Å². The second-order valence-electron chi connectivity index (χ2n) is 7.04. The molecule has 0 unspecified atom stereocenters. The summed E-state index contributed by atoms with van der Waals surface area (Å²) in [6, 6.07) is 0. The molecule has 0 amide bonds. The Morgan fingerprint density at radius 3 is 2.52 bits per heavy atom. The minimum atomic E-state index is -0.394. The first-order valence-electron chi connectivity index (χ1n) is 9.20. The van der Waals surface area contributed by atoms with Crippen molar-refractivity contribution in [3.63, 3.8) is 0 Å². The van der Waals surface area contributed by atoms with E-state index in [4.69, 9.17) is 11.6 Å². The fraction of sp³-hybridized carbons (Fsp3) is 0.471. The van der Waals surface area contributed by atoms with Crippen LogP contribution in [-0.2, 0) is 20.6 Å². The molecule has 1 fully saturated rings. The van der Waals surface area contributed by atoms with Gasteiger partial charge in [0.25, 0.3) is 11.1 Å². The van der Waals surface area contributed by atoms with E-state index in [-0.39, 0.29) is 10.6 Å². The molecule has 4 rings (SSSR count). The number of hydrogen-bond acceptors (Lipinski definition) is 7. The number of imidazole rings is 1. The van der Waals surface area contributed by atoms with Gasteiger partial charge in [0.1, 0.15) is 5.02 Å². The summed E-state index contributed by atoms with van der Waals surface area (Å²) in [6.07, 6.45) is 3.17. The highest BCUT2D eigenvalue weighted by Crippen LogP contribution is 2.21. The Bertz CT molecular complexity index is 1230. The molecule has 0 radical (unpaired) electrons. The van der Waals surface area contributed by atoms with E-state index in [1.807, 2.05) is 4.90 Å². The first-order valence-corrected chi connectivity index (χ1v) is 9.57. The van der Waals surface area contributed by atoms with Crippen LogP contribution in [0.5, 0.6) is 0 Å². The number of anilines is 1. The molecular weight excluding hydrogens is 400 g/mol. The molecule has 0 spiro atoms. The predicted molar refractivity (Wildman–Crippen MR) is 109 cm³/mol. The van der Waals surface area contributed by atoms with Gasteiger partial charge in [0.2, 0.25) is 0 Å². The van der Waals surface area contributed by atoms with E-state index in [2.05, 4.69) is 20.1 Å². The summed E-state index contributed by atoms with van der Waals surface area (Å²) >= 11 is 6.09. The van der Waals surface area contributed by atoms with Crippen LogP contribution in [0.25, 0.3) is 11.2 Å². The lowest BCUT2D eigenvalue weighted by atomic mass is 10.3. The fourth-order valence-corrected chi connectivity index (χ4v) is 3.83. The predicted octanol–water partition coefficient (Wildman–Crippen LogP) is -1.01. The maximum absolute atomic E-state index is 12.5. The number of aromatic nitrogens is 6. The normalized spacial score (nSPS) is 15.3. The number of fused-ring (bicyclic) bond motifs is 1. The lowest BCUT2D eigenvalue weighted by Gasteiger charge is -2.36. The van der Waals surface area contributed by atoms with Crippen molar-refractivity contribution in [2.24, 2.45) is 14.1 Å². The van der Waals surface area contributed by atoms with Crippen molar-refractivity contribution in [1.82, 2.24) is 33.8 Å². The van der Waals surface area contributed by atoms with Gasteiger partial charge in [0, 0.05) is 53.4 Å². The molecule has 3 aromatic heterocycles. The van der Waals surface area contributed by atoms with Gasteiger partial charge in [0.15, 0.2) is 11.2 Å². The molecule has 11 nitrogen and oxygen atoms in total. The number of aromatic amines is 1. The Morgan fingerprint density at radius 1 is 1.07 bits per heavy atom. The summed E-state index contributed by atoms with van der Waals surface area (Å²) in [5.74, 6) is 0. The number of nitrogens with zero attached hydrogens (tertiary/aromatic N) is 7. The fourth-order valence-electron chi connectivity index (χ4n) is 3.62. The Morgan fingerprint density at radius 2 is 1.79 bits per heavy atom. The smallest absolute Gasteiger partial charge is 0.332 e. The van der Waals surface area contributed by atoms with Crippen LogP contribution in [0.4, 0.5) is 5.69 Å². The molecule has 0 atom stereocenters.